The van der Waals surface area contributed by atoms with Gasteiger partial charge < -0.3 is 4.74 Å². The molecule has 1 nitrogen and oxygen atoms in total. The molecule has 0 unspecified atom stereocenters. The van der Waals surface area contributed by atoms with Crippen LogP contribution in [0.4, 0.5) is 8.78 Å². The molecule has 0 spiro atoms. The number of hydrogen-bond donors (Lipinski definition) is 0. The van der Waals surface area contributed by atoms with Gasteiger partial charge in [0.1, 0.15) is 5.75 Å². The van der Waals surface area contributed by atoms with Crippen LogP contribution in [0.25, 0.3) is 0 Å². The average molecular weight is 332 g/mol. The zero-order valence-electron chi connectivity index (χ0n) is 8.08. The largest absolute Gasteiger partial charge is 0.454 e. The van der Waals surface area contributed by atoms with Crippen molar-refractivity contribution in [1.29, 1.82) is 0 Å². The summed E-state index contributed by atoms with van der Waals surface area (Å²) in [7, 11) is 0. The van der Waals surface area contributed by atoms with Gasteiger partial charge in [-0.2, -0.15) is 4.39 Å². The molecule has 2 aromatic carbocycles. The Morgan fingerprint density at radius 3 is 2.31 bits per heavy atom. The van der Waals surface area contributed by atoms with E-state index in [1.54, 1.807) is 12.1 Å². The third-order valence-electron chi connectivity index (χ3n) is 1.96. The zero-order chi connectivity index (χ0) is 11.5. The van der Waals surface area contributed by atoms with Crippen molar-refractivity contribution >= 4 is 22.6 Å². The van der Waals surface area contributed by atoms with Crippen LogP contribution >= 0.6 is 22.6 Å². The predicted octanol–water partition coefficient (Wildman–Crippen LogP) is 4.36. The molecule has 82 valence electrons. The molecule has 2 rings (SSSR count). The number of ether oxygens (including phenoxy) is 1. The van der Waals surface area contributed by atoms with Crippen LogP contribution in [0.3, 0.4) is 0 Å². The highest BCUT2D eigenvalue weighted by Gasteiger charge is 2.09. The Bertz CT molecular complexity index is 497. The molecule has 0 fully saturated rings. The fourth-order valence-electron chi connectivity index (χ4n) is 1.19. The Morgan fingerprint density at radius 1 is 0.938 bits per heavy atom. The highest BCUT2D eigenvalue weighted by Crippen LogP contribution is 2.26. The Morgan fingerprint density at radius 2 is 1.62 bits per heavy atom. The molecule has 2 aromatic rings. The van der Waals surface area contributed by atoms with E-state index in [9.17, 15) is 8.78 Å². The second-order valence-electron chi connectivity index (χ2n) is 3.11. The first kappa shape index (κ1) is 11.3. The van der Waals surface area contributed by atoms with Crippen molar-refractivity contribution in [2.45, 2.75) is 0 Å². The van der Waals surface area contributed by atoms with Crippen molar-refractivity contribution in [2.24, 2.45) is 0 Å². The Kier molecular flexibility index (Phi) is 3.38. The Labute approximate surface area is 105 Å². The third-order valence-corrected chi connectivity index (χ3v) is 2.68. The van der Waals surface area contributed by atoms with Crippen LogP contribution in [0.2, 0.25) is 0 Å². The average Bonchev–Trinajstić information content (AvgIpc) is 2.28. The molecule has 0 bridgehead atoms. The third kappa shape index (κ3) is 2.49. The summed E-state index contributed by atoms with van der Waals surface area (Å²) in [6.45, 7) is 0. The van der Waals surface area contributed by atoms with Gasteiger partial charge >= 0.3 is 0 Å². The second-order valence-corrected chi connectivity index (χ2v) is 4.35. The molecular weight excluding hydrogens is 325 g/mol. The van der Waals surface area contributed by atoms with Gasteiger partial charge in [-0.25, -0.2) is 4.39 Å². The van der Waals surface area contributed by atoms with Gasteiger partial charge in [0.25, 0.3) is 0 Å². The first-order valence-corrected chi connectivity index (χ1v) is 5.62. The standard InChI is InChI=1S/C12H7F2IO/c13-10-2-1-3-11(12(10)14)16-9-6-4-8(15)5-7-9/h1-7H. The van der Waals surface area contributed by atoms with Gasteiger partial charge in [0.15, 0.2) is 11.6 Å². The Hall–Kier alpha value is -1.17. The minimum atomic E-state index is -0.971. The van der Waals surface area contributed by atoms with Gasteiger partial charge in [-0.05, 0) is 59.0 Å². The molecule has 0 aliphatic heterocycles. The van der Waals surface area contributed by atoms with Crippen LogP contribution in [0.15, 0.2) is 42.5 Å². The van der Waals surface area contributed by atoms with Crippen LogP contribution in [-0.4, -0.2) is 0 Å². The van der Waals surface area contributed by atoms with Gasteiger partial charge in [0.2, 0.25) is 5.82 Å². The molecule has 16 heavy (non-hydrogen) atoms. The monoisotopic (exact) mass is 332 g/mol. The minimum absolute atomic E-state index is 0.110. The van der Waals surface area contributed by atoms with Crippen LogP contribution in [0, 0.1) is 15.2 Å². The summed E-state index contributed by atoms with van der Waals surface area (Å²) in [5, 5.41) is 0. The summed E-state index contributed by atoms with van der Waals surface area (Å²) >= 11 is 2.15. The molecule has 0 aromatic heterocycles. The lowest BCUT2D eigenvalue weighted by molar-refractivity contribution is 0.416. The quantitative estimate of drug-likeness (QED) is 0.743. The summed E-state index contributed by atoms with van der Waals surface area (Å²) in [4.78, 5) is 0. The lowest BCUT2D eigenvalue weighted by Gasteiger charge is -2.06. The van der Waals surface area contributed by atoms with Crippen molar-refractivity contribution < 1.29 is 13.5 Å². The van der Waals surface area contributed by atoms with Crippen molar-refractivity contribution in [2.75, 3.05) is 0 Å². The van der Waals surface area contributed by atoms with E-state index in [0.717, 1.165) is 9.64 Å². The normalized spacial score (nSPS) is 10.2. The highest BCUT2D eigenvalue weighted by molar-refractivity contribution is 14.1. The van der Waals surface area contributed by atoms with Gasteiger partial charge in [-0.1, -0.05) is 6.07 Å². The van der Waals surface area contributed by atoms with E-state index in [1.807, 2.05) is 12.1 Å². The molecule has 0 radical (unpaired) electrons. The van der Waals surface area contributed by atoms with Gasteiger partial charge in [0, 0.05) is 3.57 Å². The maximum atomic E-state index is 13.3. The van der Waals surface area contributed by atoms with Gasteiger partial charge in [0.05, 0.1) is 0 Å². The molecule has 0 saturated heterocycles. The lowest BCUT2D eigenvalue weighted by atomic mass is 10.3. The molecule has 0 N–H and O–H groups in total. The van der Waals surface area contributed by atoms with E-state index in [0.29, 0.717) is 5.75 Å². The van der Waals surface area contributed by atoms with E-state index in [2.05, 4.69) is 22.6 Å². The predicted molar refractivity (Wildman–Crippen MR) is 65.6 cm³/mol. The smallest absolute Gasteiger partial charge is 0.201 e. The molecule has 0 amide bonds. The Balaban J connectivity index is 2.27. The van der Waals surface area contributed by atoms with Crippen molar-refractivity contribution in [3.8, 4) is 11.5 Å². The van der Waals surface area contributed by atoms with Crippen molar-refractivity contribution in [3.63, 3.8) is 0 Å². The van der Waals surface area contributed by atoms with E-state index in [-0.39, 0.29) is 5.75 Å². The van der Waals surface area contributed by atoms with Crippen LogP contribution in [0.1, 0.15) is 0 Å². The van der Waals surface area contributed by atoms with Crippen molar-refractivity contribution in [3.05, 3.63) is 57.7 Å². The molecule has 0 saturated carbocycles. The number of halogens is 3. The summed E-state index contributed by atoms with van der Waals surface area (Å²) in [6.07, 6.45) is 0. The highest BCUT2D eigenvalue weighted by atomic mass is 127. The van der Waals surface area contributed by atoms with E-state index >= 15 is 0 Å². The summed E-state index contributed by atoms with van der Waals surface area (Å²) < 4.78 is 32.4. The maximum absolute atomic E-state index is 13.3. The van der Waals surface area contributed by atoms with Gasteiger partial charge in [-0.15, -0.1) is 0 Å². The molecule has 0 aliphatic carbocycles. The van der Waals surface area contributed by atoms with E-state index in [1.165, 1.54) is 12.1 Å². The fourth-order valence-corrected chi connectivity index (χ4v) is 1.55. The summed E-state index contributed by atoms with van der Waals surface area (Å²) in [5.74, 6) is -1.52. The first-order chi connectivity index (χ1) is 7.66. The molecule has 0 heterocycles. The lowest BCUT2D eigenvalue weighted by Crippen LogP contribution is -1.91. The second kappa shape index (κ2) is 4.78. The van der Waals surface area contributed by atoms with Crippen molar-refractivity contribution in [1.82, 2.24) is 0 Å². The summed E-state index contributed by atoms with van der Waals surface area (Å²) in [6, 6.07) is 10.9. The van der Waals surface area contributed by atoms with Gasteiger partial charge in [-0.3, -0.25) is 0 Å². The molecule has 0 atom stereocenters. The van der Waals surface area contributed by atoms with Crippen LogP contribution < -0.4 is 4.74 Å². The minimum Gasteiger partial charge on any atom is -0.454 e. The molecule has 4 heteroatoms. The zero-order valence-corrected chi connectivity index (χ0v) is 10.2. The maximum Gasteiger partial charge on any atom is 0.201 e. The van der Waals surface area contributed by atoms with Crippen LogP contribution in [-0.2, 0) is 0 Å². The number of rotatable bonds is 2. The number of benzene rings is 2. The van der Waals surface area contributed by atoms with E-state index in [4.69, 9.17) is 4.74 Å². The molecule has 0 aliphatic rings. The SMILES string of the molecule is Fc1cccc(Oc2ccc(I)cc2)c1F. The fraction of sp³-hybridized carbons (Fsp3) is 0. The number of hydrogen-bond acceptors (Lipinski definition) is 1. The summed E-state index contributed by atoms with van der Waals surface area (Å²) in [5.41, 5.74) is 0. The van der Waals surface area contributed by atoms with Crippen LogP contribution in [0.5, 0.6) is 11.5 Å². The van der Waals surface area contributed by atoms with E-state index < -0.39 is 11.6 Å². The topological polar surface area (TPSA) is 9.23 Å². The molecular formula is C12H7F2IO. The first-order valence-electron chi connectivity index (χ1n) is 4.54.